The SMILES string of the molecule is CC(C)c1ccccc1NCc1ccccc1C(N)=O. The van der Waals surface area contributed by atoms with E-state index in [0.717, 1.165) is 11.3 Å². The Balaban J connectivity index is 2.20. The average Bonchev–Trinajstić information content (AvgIpc) is 2.45. The molecule has 0 fully saturated rings. The molecule has 0 unspecified atom stereocenters. The minimum atomic E-state index is -0.389. The number of nitrogens with two attached hydrogens (primary N) is 1. The summed E-state index contributed by atoms with van der Waals surface area (Å²) >= 11 is 0. The molecule has 3 N–H and O–H groups in total. The summed E-state index contributed by atoms with van der Waals surface area (Å²) in [7, 11) is 0. The fraction of sp³-hybridized carbons (Fsp3) is 0.235. The van der Waals surface area contributed by atoms with Crippen molar-refractivity contribution in [3.8, 4) is 0 Å². The van der Waals surface area contributed by atoms with E-state index >= 15 is 0 Å². The van der Waals surface area contributed by atoms with Crippen LogP contribution in [0, 0.1) is 0 Å². The lowest BCUT2D eigenvalue weighted by Crippen LogP contribution is -2.15. The number of rotatable bonds is 5. The predicted octanol–water partition coefficient (Wildman–Crippen LogP) is 3.52. The van der Waals surface area contributed by atoms with Crippen LogP contribution in [-0.2, 0) is 6.54 Å². The lowest BCUT2D eigenvalue weighted by molar-refractivity contribution is 0.0999. The minimum absolute atomic E-state index is 0.389. The van der Waals surface area contributed by atoms with Crippen LogP contribution in [0.3, 0.4) is 0 Å². The Morgan fingerprint density at radius 2 is 1.75 bits per heavy atom. The van der Waals surface area contributed by atoms with Crippen LogP contribution in [0.25, 0.3) is 0 Å². The zero-order chi connectivity index (χ0) is 14.5. The molecule has 0 aromatic heterocycles. The zero-order valence-electron chi connectivity index (χ0n) is 11.9. The molecule has 104 valence electrons. The molecule has 0 aliphatic heterocycles. The second kappa shape index (κ2) is 6.24. The fourth-order valence-corrected chi connectivity index (χ4v) is 2.27. The van der Waals surface area contributed by atoms with Crippen LogP contribution >= 0.6 is 0 Å². The first-order chi connectivity index (χ1) is 9.59. The maximum atomic E-state index is 11.4. The Kier molecular flexibility index (Phi) is 4.41. The van der Waals surface area contributed by atoms with E-state index in [-0.39, 0.29) is 5.91 Å². The topological polar surface area (TPSA) is 55.1 Å². The minimum Gasteiger partial charge on any atom is -0.381 e. The number of para-hydroxylation sites is 1. The van der Waals surface area contributed by atoms with Crippen molar-refractivity contribution < 1.29 is 4.79 Å². The van der Waals surface area contributed by atoms with Gasteiger partial charge < -0.3 is 11.1 Å². The average molecular weight is 268 g/mol. The van der Waals surface area contributed by atoms with Crippen molar-refractivity contribution in [1.29, 1.82) is 0 Å². The van der Waals surface area contributed by atoms with Crippen LogP contribution in [0.1, 0.15) is 41.3 Å². The van der Waals surface area contributed by atoms with Gasteiger partial charge in [-0.1, -0.05) is 50.2 Å². The van der Waals surface area contributed by atoms with Crippen LogP contribution < -0.4 is 11.1 Å². The van der Waals surface area contributed by atoms with Gasteiger partial charge in [0.05, 0.1) is 0 Å². The van der Waals surface area contributed by atoms with Gasteiger partial charge >= 0.3 is 0 Å². The fourth-order valence-electron chi connectivity index (χ4n) is 2.27. The molecule has 0 heterocycles. The highest BCUT2D eigenvalue weighted by Gasteiger charge is 2.09. The van der Waals surface area contributed by atoms with Gasteiger partial charge in [-0.3, -0.25) is 4.79 Å². The van der Waals surface area contributed by atoms with Crippen molar-refractivity contribution in [2.24, 2.45) is 5.73 Å². The van der Waals surface area contributed by atoms with Crippen molar-refractivity contribution in [3.63, 3.8) is 0 Å². The van der Waals surface area contributed by atoms with Gasteiger partial charge in [-0.05, 0) is 29.2 Å². The molecule has 0 saturated carbocycles. The summed E-state index contributed by atoms with van der Waals surface area (Å²) in [6, 6.07) is 15.6. The van der Waals surface area contributed by atoms with E-state index in [1.165, 1.54) is 5.56 Å². The third-order valence-corrected chi connectivity index (χ3v) is 3.33. The number of primary amides is 1. The molecular formula is C17H20N2O. The molecule has 2 aromatic rings. The number of nitrogens with one attached hydrogen (secondary N) is 1. The molecule has 0 atom stereocenters. The van der Waals surface area contributed by atoms with Gasteiger partial charge in [0.1, 0.15) is 0 Å². The number of anilines is 1. The van der Waals surface area contributed by atoms with E-state index < -0.39 is 0 Å². The summed E-state index contributed by atoms with van der Waals surface area (Å²) in [5.41, 5.74) is 9.25. The Morgan fingerprint density at radius 1 is 1.10 bits per heavy atom. The van der Waals surface area contributed by atoms with Crippen LogP contribution in [0.4, 0.5) is 5.69 Å². The third kappa shape index (κ3) is 3.18. The second-order valence-electron chi connectivity index (χ2n) is 5.12. The lowest BCUT2D eigenvalue weighted by atomic mass is 10.0. The summed E-state index contributed by atoms with van der Waals surface area (Å²) in [4.78, 5) is 11.4. The summed E-state index contributed by atoms with van der Waals surface area (Å²) in [5, 5.41) is 3.40. The van der Waals surface area contributed by atoms with Crippen molar-refractivity contribution in [2.45, 2.75) is 26.3 Å². The predicted molar refractivity (Wildman–Crippen MR) is 82.8 cm³/mol. The van der Waals surface area contributed by atoms with Crippen LogP contribution in [-0.4, -0.2) is 5.91 Å². The first-order valence-electron chi connectivity index (χ1n) is 6.80. The Hall–Kier alpha value is -2.29. The lowest BCUT2D eigenvalue weighted by Gasteiger charge is -2.15. The van der Waals surface area contributed by atoms with Crippen molar-refractivity contribution in [2.75, 3.05) is 5.32 Å². The molecule has 3 nitrogen and oxygen atoms in total. The molecule has 0 aliphatic rings. The number of benzene rings is 2. The van der Waals surface area contributed by atoms with Crippen LogP contribution in [0.5, 0.6) is 0 Å². The molecule has 20 heavy (non-hydrogen) atoms. The van der Waals surface area contributed by atoms with Gasteiger partial charge in [-0.15, -0.1) is 0 Å². The molecule has 1 amide bonds. The maximum Gasteiger partial charge on any atom is 0.249 e. The molecule has 0 spiro atoms. The molecule has 0 bridgehead atoms. The smallest absolute Gasteiger partial charge is 0.249 e. The highest BCUT2D eigenvalue weighted by Crippen LogP contribution is 2.24. The first-order valence-corrected chi connectivity index (χ1v) is 6.80. The van der Waals surface area contributed by atoms with Gasteiger partial charge in [0.15, 0.2) is 0 Å². The number of hydrogen-bond acceptors (Lipinski definition) is 2. The molecule has 0 radical (unpaired) electrons. The third-order valence-electron chi connectivity index (χ3n) is 3.33. The van der Waals surface area contributed by atoms with E-state index in [1.54, 1.807) is 6.07 Å². The van der Waals surface area contributed by atoms with E-state index in [4.69, 9.17) is 5.73 Å². The quantitative estimate of drug-likeness (QED) is 0.871. The Bertz CT molecular complexity index is 605. The molecule has 0 aliphatic carbocycles. The Labute approximate surface area is 119 Å². The van der Waals surface area contributed by atoms with E-state index in [1.807, 2.05) is 30.3 Å². The summed E-state index contributed by atoms with van der Waals surface area (Å²) in [6.07, 6.45) is 0. The van der Waals surface area contributed by atoms with E-state index in [2.05, 4.69) is 31.3 Å². The number of carbonyl (C=O) groups is 1. The second-order valence-corrected chi connectivity index (χ2v) is 5.12. The Morgan fingerprint density at radius 3 is 2.45 bits per heavy atom. The standard InChI is InChI=1S/C17H20N2O/c1-12(2)14-8-5-6-10-16(14)19-11-13-7-3-4-9-15(13)17(18)20/h3-10,12,19H,11H2,1-2H3,(H2,18,20). The number of amides is 1. The maximum absolute atomic E-state index is 11.4. The molecule has 2 rings (SSSR count). The van der Waals surface area contributed by atoms with E-state index in [0.29, 0.717) is 18.0 Å². The van der Waals surface area contributed by atoms with Gasteiger partial charge in [0.25, 0.3) is 0 Å². The van der Waals surface area contributed by atoms with Gasteiger partial charge in [-0.2, -0.15) is 0 Å². The molecular weight excluding hydrogens is 248 g/mol. The van der Waals surface area contributed by atoms with Crippen LogP contribution in [0.2, 0.25) is 0 Å². The molecule has 0 saturated heterocycles. The molecule has 3 heteroatoms. The summed E-state index contributed by atoms with van der Waals surface area (Å²) in [5.74, 6) is 0.0598. The normalized spacial score (nSPS) is 10.6. The van der Waals surface area contributed by atoms with Gasteiger partial charge in [0.2, 0.25) is 5.91 Å². The first kappa shape index (κ1) is 14.1. The van der Waals surface area contributed by atoms with Crippen molar-refractivity contribution >= 4 is 11.6 Å². The number of carbonyl (C=O) groups excluding carboxylic acids is 1. The monoisotopic (exact) mass is 268 g/mol. The van der Waals surface area contributed by atoms with Gasteiger partial charge in [-0.25, -0.2) is 0 Å². The highest BCUT2D eigenvalue weighted by atomic mass is 16.1. The zero-order valence-corrected chi connectivity index (χ0v) is 11.9. The summed E-state index contributed by atoms with van der Waals surface area (Å²) in [6.45, 7) is 4.92. The van der Waals surface area contributed by atoms with Crippen molar-refractivity contribution in [1.82, 2.24) is 0 Å². The van der Waals surface area contributed by atoms with E-state index in [9.17, 15) is 4.79 Å². The highest BCUT2D eigenvalue weighted by molar-refractivity contribution is 5.94. The van der Waals surface area contributed by atoms with Crippen molar-refractivity contribution in [3.05, 3.63) is 65.2 Å². The summed E-state index contributed by atoms with van der Waals surface area (Å²) < 4.78 is 0. The molecule has 2 aromatic carbocycles. The number of hydrogen-bond donors (Lipinski definition) is 2. The van der Waals surface area contributed by atoms with Gasteiger partial charge in [0, 0.05) is 17.8 Å². The largest absolute Gasteiger partial charge is 0.381 e. The van der Waals surface area contributed by atoms with Crippen LogP contribution in [0.15, 0.2) is 48.5 Å².